The average Bonchev–Trinajstić information content (AvgIpc) is 2.67. The lowest BCUT2D eigenvalue weighted by atomic mass is 10.1. The van der Waals surface area contributed by atoms with Crippen molar-refractivity contribution in [2.75, 3.05) is 0 Å². The van der Waals surface area contributed by atoms with E-state index >= 15 is 0 Å². The van der Waals surface area contributed by atoms with Gasteiger partial charge in [0.1, 0.15) is 5.75 Å². The van der Waals surface area contributed by atoms with Crippen LogP contribution in [0.3, 0.4) is 0 Å². The molecule has 0 saturated carbocycles. The van der Waals surface area contributed by atoms with E-state index in [1.165, 1.54) is 12.1 Å². The van der Waals surface area contributed by atoms with Crippen LogP contribution in [0.2, 0.25) is 0 Å². The molecule has 0 heterocycles. The molecule has 0 aliphatic carbocycles. The maximum atomic E-state index is 12.6. The van der Waals surface area contributed by atoms with Crippen molar-refractivity contribution >= 4 is 11.5 Å². The molecule has 0 radical (unpaired) electrons. The van der Waals surface area contributed by atoms with Crippen LogP contribution in [-0.4, -0.2) is 10.9 Å². The maximum absolute atomic E-state index is 12.6. The smallest absolute Gasteiger partial charge is 0.191 e. The molecule has 3 heteroatoms. The third-order valence-electron chi connectivity index (χ3n) is 3.86. The van der Waals surface area contributed by atoms with Crippen LogP contribution in [0.5, 0.6) is 5.75 Å². The van der Waals surface area contributed by atoms with Crippen LogP contribution in [0.15, 0.2) is 91.0 Å². The van der Waals surface area contributed by atoms with Crippen molar-refractivity contribution in [3.05, 3.63) is 108 Å². The molecule has 3 aromatic carbocycles. The number of hydrogen-bond acceptors (Lipinski definition) is 3. The van der Waals surface area contributed by atoms with Crippen molar-refractivity contribution in [2.45, 2.75) is 6.54 Å². The number of para-hydroxylation sites is 1. The monoisotopic (exact) mass is 329 g/mol. The highest BCUT2D eigenvalue weighted by molar-refractivity contribution is 6.09. The van der Waals surface area contributed by atoms with Gasteiger partial charge in [0.15, 0.2) is 5.78 Å². The fourth-order valence-corrected chi connectivity index (χ4v) is 2.54. The van der Waals surface area contributed by atoms with Gasteiger partial charge in [-0.2, -0.15) is 0 Å². The quantitative estimate of drug-likeness (QED) is 0.520. The van der Waals surface area contributed by atoms with E-state index in [2.05, 4.69) is 5.32 Å². The summed E-state index contributed by atoms with van der Waals surface area (Å²) >= 11 is 0. The zero-order valence-corrected chi connectivity index (χ0v) is 13.7. The van der Waals surface area contributed by atoms with Crippen LogP contribution in [0.25, 0.3) is 5.70 Å². The number of carbonyl (C=O) groups is 1. The number of rotatable bonds is 6. The number of aromatic hydroxyl groups is 1. The van der Waals surface area contributed by atoms with Crippen LogP contribution < -0.4 is 5.32 Å². The molecular weight excluding hydrogens is 310 g/mol. The maximum Gasteiger partial charge on any atom is 0.191 e. The van der Waals surface area contributed by atoms with Crippen LogP contribution in [-0.2, 0) is 6.54 Å². The Morgan fingerprint density at radius 2 is 1.44 bits per heavy atom. The van der Waals surface area contributed by atoms with Gasteiger partial charge in [-0.3, -0.25) is 4.79 Å². The summed E-state index contributed by atoms with van der Waals surface area (Å²) in [6, 6.07) is 26.2. The highest BCUT2D eigenvalue weighted by Crippen LogP contribution is 2.19. The molecule has 0 bridgehead atoms. The predicted octanol–water partition coefficient (Wildman–Crippen LogP) is 4.41. The highest BCUT2D eigenvalue weighted by Gasteiger charge is 2.10. The van der Waals surface area contributed by atoms with E-state index in [1.54, 1.807) is 18.2 Å². The fraction of sp³-hybridized carbons (Fsp3) is 0.0455. The molecule has 2 N–H and O–H groups in total. The van der Waals surface area contributed by atoms with E-state index in [1.807, 2.05) is 60.7 Å². The summed E-state index contributed by atoms with van der Waals surface area (Å²) < 4.78 is 0. The first-order valence-corrected chi connectivity index (χ1v) is 8.11. The van der Waals surface area contributed by atoms with Gasteiger partial charge < -0.3 is 10.4 Å². The second kappa shape index (κ2) is 7.97. The first-order chi connectivity index (χ1) is 12.2. The molecule has 0 fully saturated rings. The van der Waals surface area contributed by atoms with Crippen LogP contribution in [0.4, 0.5) is 0 Å². The minimum Gasteiger partial charge on any atom is -0.507 e. The Labute approximate surface area is 147 Å². The Hall–Kier alpha value is -3.33. The van der Waals surface area contributed by atoms with Crippen LogP contribution in [0, 0.1) is 0 Å². The Bertz CT molecular complexity index is 871. The van der Waals surface area contributed by atoms with Crippen molar-refractivity contribution < 1.29 is 9.90 Å². The summed E-state index contributed by atoms with van der Waals surface area (Å²) in [5.41, 5.74) is 3.05. The molecule has 0 aliphatic rings. The Balaban J connectivity index is 1.88. The van der Waals surface area contributed by atoms with Gasteiger partial charge in [-0.15, -0.1) is 0 Å². The van der Waals surface area contributed by atoms with Crippen molar-refractivity contribution in [1.29, 1.82) is 0 Å². The van der Waals surface area contributed by atoms with Crippen molar-refractivity contribution in [3.8, 4) is 5.75 Å². The summed E-state index contributed by atoms with van der Waals surface area (Å²) in [7, 11) is 0. The normalized spacial score (nSPS) is 11.1. The third-order valence-corrected chi connectivity index (χ3v) is 3.86. The number of phenolic OH excluding ortho intramolecular Hbond substituents is 1. The first kappa shape index (κ1) is 16.5. The Morgan fingerprint density at radius 1 is 0.840 bits per heavy atom. The van der Waals surface area contributed by atoms with E-state index in [4.69, 9.17) is 0 Å². The molecule has 0 atom stereocenters. The summed E-state index contributed by atoms with van der Waals surface area (Å²) in [5.74, 6) is -0.253. The zero-order valence-electron chi connectivity index (χ0n) is 13.7. The Kier molecular flexibility index (Phi) is 5.27. The largest absolute Gasteiger partial charge is 0.507 e. The minimum atomic E-state index is -0.238. The molecule has 0 spiro atoms. The van der Waals surface area contributed by atoms with E-state index in [0.717, 1.165) is 16.8 Å². The van der Waals surface area contributed by atoms with Crippen LogP contribution >= 0.6 is 0 Å². The zero-order chi connectivity index (χ0) is 17.5. The topological polar surface area (TPSA) is 49.3 Å². The van der Waals surface area contributed by atoms with Gasteiger partial charge in [0, 0.05) is 18.3 Å². The molecule has 3 rings (SSSR count). The predicted molar refractivity (Wildman–Crippen MR) is 100 cm³/mol. The van der Waals surface area contributed by atoms with E-state index in [9.17, 15) is 9.90 Å². The lowest BCUT2D eigenvalue weighted by molar-refractivity contribution is 0.104. The number of nitrogens with one attached hydrogen (secondary N) is 1. The molecule has 0 unspecified atom stereocenters. The summed E-state index contributed by atoms with van der Waals surface area (Å²) in [6.45, 7) is 0.607. The van der Waals surface area contributed by atoms with Gasteiger partial charge in [-0.05, 0) is 23.3 Å². The number of benzene rings is 3. The molecule has 124 valence electrons. The van der Waals surface area contributed by atoms with Gasteiger partial charge in [0.25, 0.3) is 0 Å². The van der Waals surface area contributed by atoms with Gasteiger partial charge in [0.2, 0.25) is 0 Å². The second-order valence-electron chi connectivity index (χ2n) is 5.64. The SMILES string of the molecule is O=C(/C=C(\NCc1ccccc1)c1ccccc1)c1ccccc1O. The summed E-state index contributed by atoms with van der Waals surface area (Å²) in [4.78, 5) is 12.6. The van der Waals surface area contributed by atoms with E-state index in [-0.39, 0.29) is 17.1 Å². The number of carbonyl (C=O) groups excluding carboxylic acids is 1. The third kappa shape index (κ3) is 4.36. The number of allylic oxidation sites excluding steroid dienone is 1. The molecule has 3 nitrogen and oxygen atoms in total. The average molecular weight is 329 g/mol. The van der Waals surface area contributed by atoms with Crippen LogP contribution in [0.1, 0.15) is 21.5 Å². The molecule has 25 heavy (non-hydrogen) atoms. The van der Waals surface area contributed by atoms with Gasteiger partial charge >= 0.3 is 0 Å². The molecular formula is C22H19NO2. The van der Waals surface area contributed by atoms with E-state index in [0.29, 0.717) is 6.54 Å². The van der Waals surface area contributed by atoms with Crippen molar-refractivity contribution in [1.82, 2.24) is 5.32 Å². The van der Waals surface area contributed by atoms with Crippen molar-refractivity contribution in [2.24, 2.45) is 0 Å². The van der Waals surface area contributed by atoms with Gasteiger partial charge in [-0.25, -0.2) is 0 Å². The minimum absolute atomic E-state index is 0.0146. The number of hydrogen-bond donors (Lipinski definition) is 2. The lowest BCUT2D eigenvalue weighted by Crippen LogP contribution is -2.13. The lowest BCUT2D eigenvalue weighted by Gasteiger charge is -2.12. The molecule has 0 aromatic heterocycles. The molecule has 0 amide bonds. The summed E-state index contributed by atoms with van der Waals surface area (Å²) in [6.07, 6.45) is 1.54. The highest BCUT2D eigenvalue weighted by atomic mass is 16.3. The fourth-order valence-electron chi connectivity index (χ4n) is 2.54. The van der Waals surface area contributed by atoms with Gasteiger partial charge in [0.05, 0.1) is 5.56 Å². The summed E-state index contributed by atoms with van der Waals surface area (Å²) in [5, 5.41) is 13.2. The second-order valence-corrected chi connectivity index (χ2v) is 5.64. The molecule has 3 aromatic rings. The standard InChI is InChI=1S/C22H19NO2/c24-21-14-8-7-13-19(21)22(25)15-20(18-11-5-2-6-12-18)23-16-17-9-3-1-4-10-17/h1-15,23-24H,16H2/b20-15-. The number of ketones is 1. The Morgan fingerprint density at radius 3 is 2.12 bits per heavy atom. The first-order valence-electron chi connectivity index (χ1n) is 8.11. The number of phenols is 1. The van der Waals surface area contributed by atoms with E-state index < -0.39 is 0 Å². The molecule has 0 saturated heterocycles. The van der Waals surface area contributed by atoms with Gasteiger partial charge in [-0.1, -0.05) is 72.8 Å². The molecule has 0 aliphatic heterocycles. The van der Waals surface area contributed by atoms with Crippen molar-refractivity contribution in [3.63, 3.8) is 0 Å².